The lowest BCUT2D eigenvalue weighted by atomic mass is 10.2. The molecule has 1 rings (SSSR count). The number of rotatable bonds is 0. The quantitative estimate of drug-likeness (QED) is 0.697. The van der Waals surface area contributed by atoms with E-state index < -0.39 is 0 Å². The van der Waals surface area contributed by atoms with Crippen LogP contribution >= 0.6 is 15.9 Å². The second-order valence-corrected chi connectivity index (χ2v) is 3.07. The number of hydrogen-bond donors (Lipinski definition) is 1. The van der Waals surface area contributed by atoms with E-state index in [2.05, 4.69) is 20.9 Å². The van der Waals surface area contributed by atoms with Crippen LogP contribution in [0.5, 0.6) is 0 Å². The SMILES string of the molecule is Cc1cc(C)c(Br)c(N)n1. The maximum absolute atomic E-state index is 5.56. The topological polar surface area (TPSA) is 38.9 Å². The van der Waals surface area contributed by atoms with Crippen molar-refractivity contribution >= 4 is 21.7 Å². The van der Waals surface area contributed by atoms with E-state index in [0.29, 0.717) is 5.82 Å². The van der Waals surface area contributed by atoms with Crippen molar-refractivity contribution in [2.45, 2.75) is 13.8 Å². The van der Waals surface area contributed by atoms with Crippen LogP contribution in [0.4, 0.5) is 5.82 Å². The summed E-state index contributed by atoms with van der Waals surface area (Å²) >= 11 is 3.33. The minimum absolute atomic E-state index is 0.567. The minimum atomic E-state index is 0.567. The van der Waals surface area contributed by atoms with E-state index in [1.54, 1.807) is 0 Å². The van der Waals surface area contributed by atoms with Gasteiger partial charge in [-0.2, -0.15) is 0 Å². The van der Waals surface area contributed by atoms with Crippen molar-refractivity contribution in [2.75, 3.05) is 5.73 Å². The van der Waals surface area contributed by atoms with E-state index in [0.717, 1.165) is 15.7 Å². The van der Waals surface area contributed by atoms with E-state index in [1.807, 2.05) is 19.9 Å². The Hall–Kier alpha value is -0.570. The summed E-state index contributed by atoms with van der Waals surface area (Å²) in [4.78, 5) is 4.06. The Kier molecular flexibility index (Phi) is 1.94. The molecule has 0 spiro atoms. The van der Waals surface area contributed by atoms with Crippen LogP contribution in [0.2, 0.25) is 0 Å². The molecule has 0 fully saturated rings. The van der Waals surface area contributed by atoms with E-state index >= 15 is 0 Å². The lowest BCUT2D eigenvalue weighted by Crippen LogP contribution is -1.95. The van der Waals surface area contributed by atoms with E-state index in [9.17, 15) is 0 Å². The highest BCUT2D eigenvalue weighted by Crippen LogP contribution is 2.21. The third kappa shape index (κ3) is 1.29. The molecule has 2 nitrogen and oxygen atoms in total. The fourth-order valence-electron chi connectivity index (χ4n) is 0.850. The van der Waals surface area contributed by atoms with Gasteiger partial charge in [-0.05, 0) is 41.4 Å². The van der Waals surface area contributed by atoms with E-state index in [4.69, 9.17) is 5.73 Å². The number of aromatic nitrogens is 1. The molecule has 0 radical (unpaired) electrons. The zero-order valence-corrected chi connectivity index (χ0v) is 7.57. The molecule has 1 aromatic rings. The average molecular weight is 201 g/mol. The summed E-state index contributed by atoms with van der Waals surface area (Å²) in [6.07, 6.45) is 0. The van der Waals surface area contributed by atoms with Gasteiger partial charge in [-0.3, -0.25) is 0 Å². The van der Waals surface area contributed by atoms with Gasteiger partial charge in [0.05, 0.1) is 4.47 Å². The Labute approximate surface area is 68.6 Å². The average Bonchev–Trinajstić information content (AvgIpc) is 1.82. The maximum atomic E-state index is 5.56. The Morgan fingerprint density at radius 3 is 2.60 bits per heavy atom. The van der Waals surface area contributed by atoms with Crippen LogP contribution in [0.15, 0.2) is 10.5 Å². The van der Waals surface area contributed by atoms with Crippen molar-refractivity contribution in [3.8, 4) is 0 Å². The maximum Gasteiger partial charge on any atom is 0.138 e. The van der Waals surface area contributed by atoms with E-state index in [1.165, 1.54) is 0 Å². The largest absolute Gasteiger partial charge is 0.383 e. The highest BCUT2D eigenvalue weighted by molar-refractivity contribution is 9.10. The molecule has 10 heavy (non-hydrogen) atoms. The van der Waals surface area contributed by atoms with Crippen molar-refractivity contribution < 1.29 is 0 Å². The molecule has 1 heterocycles. The molecule has 1 aromatic heterocycles. The van der Waals surface area contributed by atoms with Crippen LogP contribution < -0.4 is 5.73 Å². The monoisotopic (exact) mass is 200 g/mol. The Balaban J connectivity index is 3.31. The molecule has 0 unspecified atom stereocenters. The molecule has 0 amide bonds. The minimum Gasteiger partial charge on any atom is -0.383 e. The number of pyridine rings is 1. The summed E-state index contributed by atoms with van der Waals surface area (Å²) in [6, 6.07) is 1.99. The van der Waals surface area contributed by atoms with Gasteiger partial charge in [0.15, 0.2) is 0 Å². The zero-order chi connectivity index (χ0) is 7.72. The molecule has 0 saturated carbocycles. The van der Waals surface area contributed by atoms with Crippen LogP contribution in [0, 0.1) is 13.8 Å². The van der Waals surface area contributed by atoms with Crippen LogP contribution in [-0.2, 0) is 0 Å². The van der Waals surface area contributed by atoms with E-state index in [-0.39, 0.29) is 0 Å². The summed E-state index contributed by atoms with van der Waals surface area (Å²) in [5.74, 6) is 0.567. The predicted molar refractivity (Wildman–Crippen MR) is 45.8 cm³/mol. The smallest absolute Gasteiger partial charge is 0.138 e. The van der Waals surface area contributed by atoms with Crippen LogP contribution in [0.3, 0.4) is 0 Å². The first kappa shape index (κ1) is 7.54. The molecule has 0 aliphatic heterocycles. The fraction of sp³-hybridized carbons (Fsp3) is 0.286. The first-order valence-corrected chi connectivity index (χ1v) is 3.80. The molecule has 3 heteroatoms. The number of anilines is 1. The summed E-state index contributed by atoms with van der Waals surface area (Å²) in [6.45, 7) is 3.92. The second-order valence-electron chi connectivity index (χ2n) is 2.28. The summed E-state index contributed by atoms with van der Waals surface area (Å²) in [5.41, 5.74) is 7.65. The Morgan fingerprint density at radius 2 is 2.10 bits per heavy atom. The first-order valence-electron chi connectivity index (χ1n) is 3.00. The van der Waals surface area contributed by atoms with Gasteiger partial charge in [0.25, 0.3) is 0 Å². The molecular formula is C7H9BrN2. The van der Waals surface area contributed by atoms with Crippen LogP contribution in [0.1, 0.15) is 11.3 Å². The number of hydrogen-bond acceptors (Lipinski definition) is 2. The molecular weight excluding hydrogens is 192 g/mol. The molecule has 54 valence electrons. The lowest BCUT2D eigenvalue weighted by Gasteiger charge is -2.01. The van der Waals surface area contributed by atoms with Gasteiger partial charge in [0, 0.05) is 5.69 Å². The molecule has 0 aliphatic rings. The summed E-state index contributed by atoms with van der Waals surface area (Å²) in [7, 11) is 0. The number of halogens is 1. The number of aryl methyl sites for hydroxylation is 2. The second kappa shape index (κ2) is 2.58. The highest BCUT2D eigenvalue weighted by atomic mass is 79.9. The number of nitrogen functional groups attached to an aromatic ring is 1. The zero-order valence-electron chi connectivity index (χ0n) is 5.98. The number of nitrogens with two attached hydrogens (primary N) is 1. The fourth-order valence-corrected chi connectivity index (χ4v) is 1.05. The first-order chi connectivity index (χ1) is 4.61. The van der Waals surface area contributed by atoms with Crippen molar-refractivity contribution in [1.82, 2.24) is 4.98 Å². The van der Waals surface area contributed by atoms with Crippen molar-refractivity contribution in [3.63, 3.8) is 0 Å². The molecule has 0 aromatic carbocycles. The summed E-state index contributed by atoms with van der Waals surface area (Å²) in [5, 5.41) is 0. The Morgan fingerprint density at radius 1 is 1.50 bits per heavy atom. The predicted octanol–water partition coefficient (Wildman–Crippen LogP) is 2.04. The van der Waals surface area contributed by atoms with Crippen molar-refractivity contribution in [1.29, 1.82) is 0 Å². The lowest BCUT2D eigenvalue weighted by molar-refractivity contribution is 1.17. The van der Waals surface area contributed by atoms with Gasteiger partial charge in [-0.1, -0.05) is 0 Å². The van der Waals surface area contributed by atoms with Gasteiger partial charge in [-0.15, -0.1) is 0 Å². The van der Waals surface area contributed by atoms with Gasteiger partial charge >= 0.3 is 0 Å². The van der Waals surface area contributed by atoms with Gasteiger partial charge < -0.3 is 5.73 Å². The van der Waals surface area contributed by atoms with Gasteiger partial charge in [-0.25, -0.2) is 4.98 Å². The van der Waals surface area contributed by atoms with Crippen LogP contribution in [-0.4, -0.2) is 4.98 Å². The van der Waals surface area contributed by atoms with Gasteiger partial charge in [0.2, 0.25) is 0 Å². The van der Waals surface area contributed by atoms with Crippen molar-refractivity contribution in [2.24, 2.45) is 0 Å². The highest BCUT2D eigenvalue weighted by Gasteiger charge is 2.00. The standard InChI is InChI=1S/C7H9BrN2/c1-4-3-5(2)10-7(9)6(4)8/h3H,1-2H3,(H2,9,10). The van der Waals surface area contributed by atoms with Crippen LogP contribution in [0.25, 0.3) is 0 Å². The molecule has 0 saturated heterocycles. The normalized spacial score (nSPS) is 9.90. The molecule has 2 N–H and O–H groups in total. The van der Waals surface area contributed by atoms with Gasteiger partial charge in [0.1, 0.15) is 5.82 Å². The summed E-state index contributed by atoms with van der Waals surface area (Å²) < 4.78 is 0.901. The Bertz CT molecular complexity index is 235. The number of nitrogens with zero attached hydrogens (tertiary/aromatic N) is 1. The molecule has 0 aliphatic carbocycles. The third-order valence-electron chi connectivity index (χ3n) is 1.29. The van der Waals surface area contributed by atoms with Crippen molar-refractivity contribution in [3.05, 3.63) is 21.8 Å². The third-order valence-corrected chi connectivity index (χ3v) is 2.32. The molecule has 0 atom stereocenters. The molecule has 0 bridgehead atoms.